The van der Waals surface area contributed by atoms with E-state index in [9.17, 15) is 0 Å². The molecule has 3 N–H and O–H groups in total. The number of aliphatic imine (C=N–C) groups is 1. The van der Waals surface area contributed by atoms with Gasteiger partial charge in [0, 0.05) is 23.5 Å². The van der Waals surface area contributed by atoms with Crippen molar-refractivity contribution < 1.29 is 0 Å². The lowest BCUT2D eigenvalue weighted by atomic mass is 10.1. The smallest absolute Gasteiger partial charge is 0.188 e. The van der Waals surface area contributed by atoms with Crippen LogP contribution in [0.2, 0.25) is 5.02 Å². The molecule has 2 rings (SSSR count). The van der Waals surface area contributed by atoms with Gasteiger partial charge in [-0.05, 0) is 37.1 Å². The third kappa shape index (κ3) is 4.49. The van der Waals surface area contributed by atoms with E-state index in [0.29, 0.717) is 23.6 Å². The van der Waals surface area contributed by atoms with Crippen molar-refractivity contribution in [3.8, 4) is 0 Å². The fourth-order valence-corrected chi connectivity index (χ4v) is 2.20. The molecule has 0 spiro atoms. The van der Waals surface area contributed by atoms with Crippen LogP contribution in [0.3, 0.4) is 0 Å². The number of aromatic nitrogens is 2. The second kappa shape index (κ2) is 7.84. The summed E-state index contributed by atoms with van der Waals surface area (Å²) in [4.78, 5) is 4.46. The first-order chi connectivity index (χ1) is 10.6. The van der Waals surface area contributed by atoms with Crippen LogP contribution in [-0.2, 0) is 0 Å². The molecule has 1 heterocycles. The van der Waals surface area contributed by atoms with Crippen LogP contribution in [-0.4, -0.2) is 28.3 Å². The van der Waals surface area contributed by atoms with E-state index in [-0.39, 0.29) is 6.04 Å². The summed E-state index contributed by atoms with van der Waals surface area (Å²) in [6.45, 7) is 4.69. The van der Waals surface area contributed by atoms with Crippen molar-refractivity contribution in [3.63, 3.8) is 0 Å². The summed E-state index contributed by atoms with van der Waals surface area (Å²) in [6, 6.07) is 9.92. The summed E-state index contributed by atoms with van der Waals surface area (Å²) in [5.41, 5.74) is 7.03. The number of guanidine groups is 1. The van der Waals surface area contributed by atoms with Gasteiger partial charge in [-0.15, -0.1) is 0 Å². The standard InChI is InChI=1S/C16H22ClN5/c1-3-12(2)21-16(18)19-11-15(22-10-4-9-20-22)13-5-7-14(17)8-6-13/h4-10,12,15H,3,11H2,1-2H3,(H3,18,19,21). The summed E-state index contributed by atoms with van der Waals surface area (Å²) in [6.07, 6.45) is 4.68. The molecule has 1 aromatic carbocycles. The van der Waals surface area contributed by atoms with E-state index in [0.717, 1.165) is 12.0 Å². The topological polar surface area (TPSA) is 68.2 Å². The van der Waals surface area contributed by atoms with Crippen LogP contribution in [0.1, 0.15) is 31.9 Å². The minimum atomic E-state index is -0.00968. The number of nitrogens with one attached hydrogen (secondary N) is 1. The summed E-state index contributed by atoms with van der Waals surface area (Å²) < 4.78 is 1.88. The van der Waals surface area contributed by atoms with Gasteiger partial charge in [0.25, 0.3) is 0 Å². The monoisotopic (exact) mass is 319 g/mol. The summed E-state index contributed by atoms with van der Waals surface area (Å²) >= 11 is 5.96. The lowest BCUT2D eigenvalue weighted by molar-refractivity contribution is 0.530. The molecule has 0 fully saturated rings. The highest BCUT2D eigenvalue weighted by Gasteiger charge is 2.14. The van der Waals surface area contributed by atoms with Gasteiger partial charge in [0.05, 0.1) is 12.6 Å². The SMILES string of the molecule is CCC(C)NC(N)=NCC(c1ccc(Cl)cc1)n1cccn1. The molecule has 0 aliphatic carbocycles. The molecule has 6 heteroatoms. The number of benzene rings is 1. The van der Waals surface area contributed by atoms with Crippen molar-refractivity contribution >= 4 is 17.6 Å². The Hall–Kier alpha value is -2.01. The highest BCUT2D eigenvalue weighted by Crippen LogP contribution is 2.20. The van der Waals surface area contributed by atoms with Gasteiger partial charge in [0.2, 0.25) is 0 Å². The highest BCUT2D eigenvalue weighted by atomic mass is 35.5. The minimum absolute atomic E-state index is 0.00968. The molecular weight excluding hydrogens is 298 g/mol. The molecule has 0 saturated carbocycles. The van der Waals surface area contributed by atoms with Crippen LogP contribution in [0.5, 0.6) is 0 Å². The highest BCUT2D eigenvalue weighted by molar-refractivity contribution is 6.30. The maximum atomic E-state index is 5.96. The Morgan fingerprint density at radius 3 is 2.73 bits per heavy atom. The first kappa shape index (κ1) is 16.4. The van der Waals surface area contributed by atoms with Gasteiger partial charge in [0.15, 0.2) is 5.96 Å². The third-order valence-electron chi connectivity index (χ3n) is 3.54. The molecule has 5 nitrogen and oxygen atoms in total. The second-order valence-corrected chi connectivity index (χ2v) is 5.67. The van der Waals surface area contributed by atoms with E-state index in [1.54, 1.807) is 6.20 Å². The van der Waals surface area contributed by atoms with E-state index in [4.69, 9.17) is 17.3 Å². The Morgan fingerprint density at radius 1 is 1.41 bits per heavy atom. The molecule has 2 unspecified atom stereocenters. The van der Waals surface area contributed by atoms with Crippen LogP contribution in [0.15, 0.2) is 47.7 Å². The predicted octanol–water partition coefficient (Wildman–Crippen LogP) is 2.83. The molecule has 0 bridgehead atoms. The molecule has 2 atom stereocenters. The molecule has 2 aromatic rings. The number of nitrogens with two attached hydrogens (primary N) is 1. The van der Waals surface area contributed by atoms with E-state index < -0.39 is 0 Å². The van der Waals surface area contributed by atoms with Crippen molar-refractivity contribution in [1.82, 2.24) is 15.1 Å². The van der Waals surface area contributed by atoms with E-state index >= 15 is 0 Å². The largest absolute Gasteiger partial charge is 0.370 e. The van der Waals surface area contributed by atoms with Crippen LogP contribution < -0.4 is 11.1 Å². The summed E-state index contributed by atoms with van der Waals surface area (Å²) in [7, 11) is 0. The Labute approximate surface area is 136 Å². The molecular formula is C16H22ClN5. The second-order valence-electron chi connectivity index (χ2n) is 5.23. The molecule has 22 heavy (non-hydrogen) atoms. The number of hydrogen-bond donors (Lipinski definition) is 2. The van der Waals surface area contributed by atoms with E-state index in [1.165, 1.54) is 0 Å². The van der Waals surface area contributed by atoms with Crippen molar-refractivity contribution in [2.45, 2.75) is 32.4 Å². The fraction of sp³-hybridized carbons (Fsp3) is 0.375. The van der Waals surface area contributed by atoms with Crippen molar-refractivity contribution in [2.75, 3.05) is 6.54 Å². The number of rotatable bonds is 6. The van der Waals surface area contributed by atoms with Gasteiger partial charge in [-0.1, -0.05) is 30.7 Å². The molecule has 0 radical (unpaired) electrons. The van der Waals surface area contributed by atoms with Gasteiger partial charge in [-0.2, -0.15) is 5.10 Å². The average molecular weight is 320 g/mol. The van der Waals surface area contributed by atoms with Gasteiger partial charge < -0.3 is 11.1 Å². The Bertz CT molecular complexity index is 592. The van der Waals surface area contributed by atoms with Gasteiger partial charge in [-0.25, -0.2) is 0 Å². The average Bonchev–Trinajstić information content (AvgIpc) is 3.03. The Morgan fingerprint density at radius 2 is 2.14 bits per heavy atom. The van der Waals surface area contributed by atoms with Crippen LogP contribution in [0.25, 0.3) is 0 Å². The van der Waals surface area contributed by atoms with E-state index in [2.05, 4.69) is 29.3 Å². The summed E-state index contributed by atoms with van der Waals surface area (Å²) in [5, 5.41) is 8.20. The number of hydrogen-bond acceptors (Lipinski definition) is 2. The van der Waals surface area contributed by atoms with Crippen molar-refractivity contribution in [3.05, 3.63) is 53.3 Å². The van der Waals surface area contributed by atoms with Crippen LogP contribution in [0.4, 0.5) is 0 Å². The predicted molar refractivity (Wildman–Crippen MR) is 91.2 cm³/mol. The zero-order valence-electron chi connectivity index (χ0n) is 12.9. The molecule has 0 amide bonds. The summed E-state index contributed by atoms with van der Waals surface area (Å²) in [5.74, 6) is 0.459. The Kier molecular flexibility index (Phi) is 5.83. The molecule has 118 valence electrons. The molecule has 0 aliphatic rings. The van der Waals surface area contributed by atoms with Crippen LogP contribution in [0, 0.1) is 0 Å². The Balaban J connectivity index is 2.16. The zero-order valence-corrected chi connectivity index (χ0v) is 13.7. The lowest BCUT2D eigenvalue weighted by Gasteiger charge is -2.17. The minimum Gasteiger partial charge on any atom is -0.370 e. The quantitative estimate of drug-likeness (QED) is 0.635. The number of nitrogens with zero attached hydrogens (tertiary/aromatic N) is 3. The van der Waals surface area contributed by atoms with Gasteiger partial charge in [0.1, 0.15) is 0 Å². The fourth-order valence-electron chi connectivity index (χ4n) is 2.08. The molecule has 1 aromatic heterocycles. The first-order valence-electron chi connectivity index (χ1n) is 7.41. The van der Waals surface area contributed by atoms with Crippen molar-refractivity contribution in [2.24, 2.45) is 10.7 Å². The maximum absolute atomic E-state index is 5.96. The lowest BCUT2D eigenvalue weighted by Crippen LogP contribution is -2.38. The van der Waals surface area contributed by atoms with Crippen LogP contribution >= 0.6 is 11.6 Å². The van der Waals surface area contributed by atoms with Gasteiger partial charge in [-0.3, -0.25) is 9.67 Å². The van der Waals surface area contributed by atoms with E-state index in [1.807, 2.05) is 41.2 Å². The van der Waals surface area contributed by atoms with Gasteiger partial charge >= 0.3 is 0 Å². The molecule has 0 saturated heterocycles. The van der Waals surface area contributed by atoms with Crippen molar-refractivity contribution in [1.29, 1.82) is 0 Å². The molecule has 0 aliphatic heterocycles. The normalized spacial score (nSPS) is 14.6. The first-order valence-corrected chi connectivity index (χ1v) is 7.79. The maximum Gasteiger partial charge on any atom is 0.188 e. The number of halogens is 1. The third-order valence-corrected chi connectivity index (χ3v) is 3.79. The zero-order chi connectivity index (χ0) is 15.9.